The van der Waals surface area contributed by atoms with Crippen molar-refractivity contribution in [2.24, 2.45) is 0 Å². The van der Waals surface area contributed by atoms with Crippen molar-refractivity contribution >= 4 is 17.5 Å². The van der Waals surface area contributed by atoms with Crippen molar-refractivity contribution in [2.45, 2.75) is 32.7 Å². The zero-order chi connectivity index (χ0) is 15.9. The van der Waals surface area contributed by atoms with Gasteiger partial charge in [0.1, 0.15) is 5.82 Å². The van der Waals surface area contributed by atoms with Gasteiger partial charge in [0.25, 0.3) is 0 Å². The van der Waals surface area contributed by atoms with Crippen LogP contribution in [-0.4, -0.2) is 19.6 Å². The first kappa shape index (κ1) is 15.2. The molecule has 3 aromatic heterocycles. The topological polar surface area (TPSA) is 55.1 Å². The molecule has 5 nitrogen and oxygen atoms in total. The lowest BCUT2D eigenvalue weighted by atomic mass is 10.2. The molecule has 0 aliphatic carbocycles. The molecule has 23 heavy (non-hydrogen) atoms. The van der Waals surface area contributed by atoms with E-state index in [-0.39, 0.29) is 0 Å². The van der Waals surface area contributed by atoms with E-state index in [0.717, 1.165) is 30.1 Å². The molecule has 0 bridgehead atoms. The molecule has 0 spiro atoms. The lowest BCUT2D eigenvalue weighted by molar-refractivity contribution is 0.816. The summed E-state index contributed by atoms with van der Waals surface area (Å²) in [7, 11) is 0. The minimum atomic E-state index is 0.720. The summed E-state index contributed by atoms with van der Waals surface area (Å²) in [4.78, 5) is 8.41. The fraction of sp³-hybridized carbons (Fsp3) is 0.278. The summed E-state index contributed by atoms with van der Waals surface area (Å²) in [5, 5.41) is 7.96. The molecular formula is C18H21N5. The molecule has 3 heterocycles. The van der Waals surface area contributed by atoms with Crippen molar-refractivity contribution in [3.8, 4) is 0 Å². The fourth-order valence-electron chi connectivity index (χ4n) is 2.32. The van der Waals surface area contributed by atoms with Gasteiger partial charge >= 0.3 is 0 Å². The molecule has 3 aromatic rings. The summed E-state index contributed by atoms with van der Waals surface area (Å²) in [5.41, 5.74) is 3.03. The first-order valence-corrected chi connectivity index (χ1v) is 8.01. The largest absolute Gasteiger partial charge is 0.365 e. The van der Waals surface area contributed by atoms with Crippen molar-refractivity contribution in [2.75, 3.05) is 5.32 Å². The quantitative estimate of drug-likeness (QED) is 0.672. The van der Waals surface area contributed by atoms with E-state index in [0.29, 0.717) is 0 Å². The van der Waals surface area contributed by atoms with Gasteiger partial charge in [-0.2, -0.15) is 0 Å². The van der Waals surface area contributed by atoms with Gasteiger partial charge in [0.15, 0.2) is 5.65 Å². The molecule has 118 valence electrons. The van der Waals surface area contributed by atoms with E-state index in [1.807, 2.05) is 35.0 Å². The Morgan fingerprint density at radius 3 is 2.87 bits per heavy atom. The number of fused-ring (bicyclic) bond motifs is 1. The third-order valence-electron chi connectivity index (χ3n) is 3.62. The SMILES string of the molecule is CCCC/C=C/c1cnc2ccc(NCc3ccncc3)nn12. The minimum absolute atomic E-state index is 0.720. The molecule has 0 radical (unpaired) electrons. The van der Waals surface area contributed by atoms with Gasteiger partial charge in [0, 0.05) is 18.9 Å². The molecule has 0 amide bonds. The molecule has 0 aliphatic heterocycles. The average Bonchev–Trinajstić information content (AvgIpc) is 3.00. The third-order valence-corrected chi connectivity index (χ3v) is 3.62. The Kier molecular flexibility index (Phi) is 4.99. The van der Waals surface area contributed by atoms with Crippen LogP contribution in [0.25, 0.3) is 11.7 Å². The Balaban J connectivity index is 1.73. The van der Waals surface area contributed by atoms with Crippen molar-refractivity contribution in [1.82, 2.24) is 19.6 Å². The second-order valence-corrected chi connectivity index (χ2v) is 5.43. The van der Waals surface area contributed by atoms with Crippen LogP contribution in [0, 0.1) is 0 Å². The molecule has 0 fully saturated rings. The third kappa shape index (κ3) is 3.94. The van der Waals surface area contributed by atoms with Crippen molar-refractivity contribution < 1.29 is 0 Å². The number of rotatable bonds is 7. The number of pyridine rings is 1. The van der Waals surface area contributed by atoms with Crippen LogP contribution in [0.3, 0.4) is 0 Å². The summed E-state index contributed by atoms with van der Waals surface area (Å²) in [6.07, 6.45) is 13.2. The lowest BCUT2D eigenvalue weighted by Crippen LogP contribution is -2.04. The minimum Gasteiger partial charge on any atom is -0.365 e. The number of hydrogen-bond acceptors (Lipinski definition) is 4. The van der Waals surface area contributed by atoms with E-state index < -0.39 is 0 Å². The highest BCUT2D eigenvalue weighted by Gasteiger charge is 2.03. The zero-order valence-electron chi connectivity index (χ0n) is 13.3. The van der Waals surface area contributed by atoms with Gasteiger partial charge < -0.3 is 5.32 Å². The van der Waals surface area contributed by atoms with Gasteiger partial charge in [-0.25, -0.2) is 9.50 Å². The second kappa shape index (κ2) is 7.54. The van der Waals surface area contributed by atoms with E-state index >= 15 is 0 Å². The monoisotopic (exact) mass is 307 g/mol. The maximum Gasteiger partial charge on any atom is 0.154 e. The fourth-order valence-corrected chi connectivity index (χ4v) is 2.32. The molecule has 5 heteroatoms. The van der Waals surface area contributed by atoms with E-state index in [4.69, 9.17) is 0 Å². The van der Waals surface area contributed by atoms with Crippen molar-refractivity contribution in [1.29, 1.82) is 0 Å². The Labute approximate surface area is 136 Å². The summed E-state index contributed by atoms with van der Waals surface area (Å²) < 4.78 is 1.87. The number of nitrogens with zero attached hydrogens (tertiary/aromatic N) is 4. The Morgan fingerprint density at radius 2 is 2.04 bits per heavy atom. The smallest absolute Gasteiger partial charge is 0.154 e. The number of aromatic nitrogens is 4. The van der Waals surface area contributed by atoms with Crippen LogP contribution < -0.4 is 5.32 Å². The van der Waals surface area contributed by atoms with Crippen LogP contribution in [-0.2, 0) is 6.54 Å². The first-order valence-electron chi connectivity index (χ1n) is 8.01. The molecule has 0 unspecified atom stereocenters. The second-order valence-electron chi connectivity index (χ2n) is 5.43. The maximum absolute atomic E-state index is 4.63. The molecule has 0 atom stereocenters. The van der Waals surface area contributed by atoms with Crippen LogP contribution >= 0.6 is 0 Å². The van der Waals surface area contributed by atoms with E-state index in [1.165, 1.54) is 18.4 Å². The van der Waals surface area contributed by atoms with Gasteiger partial charge in [-0.05, 0) is 42.3 Å². The Hall–Kier alpha value is -2.69. The van der Waals surface area contributed by atoms with Gasteiger partial charge in [0.2, 0.25) is 0 Å². The highest BCUT2D eigenvalue weighted by Crippen LogP contribution is 2.12. The Bertz CT molecular complexity index is 776. The van der Waals surface area contributed by atoms with Crippen LogP contribution in [0.2, 0.25) is 0 Å². The molecular weight excluding hydrogens is 286 g/mol. The summed E-state index contributed by atoms with van der Waals surface area (Å²) in [6, 6.07) is 7.91. The highest BCUT2D eigenvalue weighted by atomic mass is 15.3. The predicted molar refractivity (Wildman–Crippen MR) is 93.1 cm³/mol. The van der Waals surface area contributed by atoms with Crippen LogP contribution in [0.5, 0.6) is 0 Å². The molecule has 1 N–H and O–H groups in total. The summed E-state index contributed by atoms with van der Waals surface area (Å²) in [6.45, 7) is 2.92. The number of unbranched alkanes of at least 4 members (excludes halogenated alkanes) is 2. The van der Waals surface area contributed by atoms with Gasteiger partial charge in [-0.15, -0.1) is 5.10 Å². The highest BCUT2D eigenvalue weighted by molar-refractivity contribution is 5.53. The number of nitrogens with one attached hydrogen (secondary N) is 1. The van der Waals surface area contributed by atoms with Crippen LogP contribution in [0.1, 0.15) is 37.4 Å². The zero-order valence-corrected chi connectivity index (χ0v) is 13.3. The Morgan fingerprint density at radius 1 is 1.17 bits per heavy atom. The normalized spacial score (nSPS) is 11.3. The van der Waals surface area contributed by atoms with Crippen molar-refractivity contribution in [3.63, 3.8) is 0 Å². The summed E-state index contributed by atoms with van der Waals surface area (Å²) in [5.74, 6) is 0.829. The van der Waals surface area contributed by atoms with Gasteiger partial charge in [-0.3, -0.25) is 4.98 Å². The van der Waals surface area contributed by atoms with E-state index in [9.17, 15) is 0 Å². The maximum atomic E-state index is 4.63. The molecule has 0 saturated heterocycles. The molecule has 3 rings (SSSR count). The molecule has 0 aromatic carbocycles. The first-order chi connectivity index (χ1) is 11.4. The van der Waals surface area contributed by atoms with Gasteiger partial charge in [0.05, 0.1) is 11.9 Å². The molecule has 0 saturated carbocycles. The van der Waals surface area contributed by atoms with Crippen molar-refractivity contribution in [3.05, 3.63) is 60.2 Å². The van der Waals surface area contributed by atoms with Crippen LogP contribution in [0.4, 0.5) is 5.82 Å². The number of anilines is 1. The number of hydrogen-bond donors (Lipinski definition) is 1. The van der Waals surface area contributed by atoms with Crippen LogP contribution in [0.15, 0.2) is 48.9 Å². The van der Waals surface area contributed by atoms with E-state index in [2.05, 4.69) is 39.5 Å². The average molecular weight is 307 g/mol. The summed E-state index contributed by atoms with van der Waals surface area (Å²) >= 11 is 0. The van der Waals surface area contributed by atoms with E-state index in [1.54, 1.807) is 12.4 Å². The standard InChI is InChI=1S/C18H21N5/c1-2-3-4-5-6-16-14-21-18-8-7-17(22-23(16)18)20-13-15-9-11-19-12-10-15/h5-12,14H,2-4,13H2,1H3,(H,20,22)/b6-5+. The predicted octanol–water partition coefficient (Wildman–Crippen LogP) is 3.94. The molecule has 0 aliphatic rings. The number of allylic oxidation sites excluding steroid dienone is 1. The lowest BCUT2D eigenvalue weighted by Gasteiger charge is -2.06. The number of imidazole rings is 1. The van der Waals surface area contributed by atoms with Gasteiger partial charge in [-0.1, -0.05) is 25.8 Å².